The van der Waals surface area contributed by atoms with Gasteiger partial charge in [0.25, 0.3) is 5.91 Å². The molecule has 0 bridgehead atoms. The summed E-state index contributed by atoms with van der Waals surface area (Å²) < 4.78 is 11.9. The van der Waals surface area contributed by atoms with Crippen LogP contribution in [-0.2, 0) is 0 Å². The highest BCUT2D eigenvalue weighted by Crippen LogP contribution is 2.33. The minimum atomic E-state index is -0.0566. The van der Waals surface area contributed by atoms with Gasteiger partial charge in [0.05, 0.1) is 20.3 Å². The summed E-state index contributed by atoms with van der Waals surface area (Å²) >= 11 is 3.54. The molecule has 1 aliphatic heterocycles. The summed E-state index contributed by atoms with van der Waals surface area (Å²) in [5.74, 6) is 1.02. The molecule has 0 spiro atoms. The Balaban J connectivity index is 1.55. The van der Waals surface area contributed by atoms with E-state index in [1.807, 2.05) is 17.0 Å². The van der Waals surface area contributed by atoms with E-state index in [4.69, 9.17) is 9.47 Å². The summed E-state index contributed by atoms with van der Waals surface area (Å²) in [5.41, 5.74) is 2.98. The first-order valence-electron chi connectivity index (χ1n) is 10.7. The van der Waals surface area contributed by atoms with Gasteiger partial charge in [-0.05, 0) is 35.4 Å². The van der Waals surface area contributed by atoms with Crippen LogP contribution in [0.4, 0.5) is 0 Å². The Kier molecular flexibility index (Phi) is 7.12. The van der Waals surface area contributed by atoms with Crippen molar-refractivity contribution in [3.8, 4) is 11.5 Å². The van der Waals surface area contributed by atoms with Gasteiger partial charge in [-0.25, -0.2) is 0 Å². The summed E-state index contributed by atoms with van der Waals surface area (Å²) in [4.78, 5) is 17.7. The molecule has 0 radical (unpaired) electrons. The number of nitrogens with zero attached hydrogens (tertiary/aromatic N) is 2. The van der Waals surface area contributed by atoms with Crippen molar-refractivity contribution in [3.05, 3.63) is 94.0 Å². The molecule has 1 saturated heterocycles. The number of halogens is 1. The van der Waals surface area contributed by atoms with Gasteiger partial charge >= 0.3 is 0 Å². The van der Waals surface area contributed by atoms with E-state index in [0.29, 0.717) is 30.2 Å². The largest absolute Gasteiger partial charge is 0.496 e. The number of carbonyl (C=O) groups is 1. The van der Waals surface area contributed by atoms with Gasteiger partial charge in [0, 0.05) is 30.7 Å². The monoisotopic (exact) mass is 494 g/mol. The van der Waals surface area contributed by atoms with E-state index in [1.54, 1.807) is 26.4 Å². The molecule has 5 nitrogen and oxygen atoms in total. The molecule has 0 aliphatic carbocycles. The summed E-state index contributed by atoms with van der Waals surface area (Å²) in [6.45, 7) is 2.83. The minimum absolute atomic E-state index is 0.0566. The number of rotatable bonds is 6. The third kappa shape index (κ3) is 4.66. The van der Waals surface area contributed by atoms with E-state index in [1.165, 1.54) is 11.1 Å². The van der Waals surface area contributed by atoms with Crippen molar-refractivity contribution in [2.75, 3.05) is 40.4 Å². The van der Waals surface area contributed by atoms with Crippen LogP contribution in [0.3, 0.4) is 0 Å². The summed E-state index contributed by atoms with van der Waals surface area (Å²) in [7, 11) is 3.15. The third-order valence-corrected chi connectivity index (χ3v) is 6.44. The van der Waals surface area contributed by atoms with Crippen LogP contribution in [0.25, 0.3) is 0 Å². The first-order chi connectivity index (χ1) is 15.6. The van der Waals surface area contributed by atoms with Crippen LogP contribution in [0.2, 0.25) is 0 Å². The predicted octanol–water partition coefficient (Wildman–Crippen LogP) is 5.01. The molecular weight excluding hydrogens is 468 g/mol. The van der Waals surface area contributed by atoms with Crippen molar-refractivity contribution < 1.29 is 14.3 Å². The van der Waals surface area contributed by atoms with Crippen LogP contribution < -0.4 is 9.47 Å². The maximum Gasteiger partial charge on any atom is 0.261 e. The average molecular weight is 495 g/mol. The molecule has 3 aromatic rings. The lowest BCUT2D eigenvalue weighted by Crippen LogP contribution is -2.50. The standard InChI is InChI=1S/C26H27BrN2O3/c1-31-22-9-6-10-23(32-2)24(22)26(30)29-17-15-28(16-18-29)25(19-7-4-3-5-8-19)20-11-13-21(27)14-12-20/h3-14,25H,15-18H2,1-2H3/t25-/m1/s1. The lowest BCUT2D eigenvalue weighted by Gasteiger charge is -2.40. The Bertz CT molecular complexity index is 1030. The number of amides is 1. The molecule has 0 saturated carbocycles. The normalized spacial score (nSPS) is 15.3. The lowest BCUT2D eigenvalue weighted by atomic mass is 9.96. The van der Waals surface area contributed by atoms with Gasteiger partial charge in [-0.1, -0.05) is 64.5 Å². The number of piperazine rings is 1. The van der Waals surface area contributed by atoms with Crippen molar-refractivity contribution in [1.82, 2.24) is 9.80 Å². The second-order valence-electron chi connectivity index (χ2n) is 7.73. The van der Waals surface area contributed by atoms with Crippen molar-refractivity contribution >= 4 is 21.8 Å². The van der Waals surface area contributed by atoms with Crippen LogP contribution in [-0.4, -0.2) is 56.1 Å². The van der Waals surface area contributed by atoms with E-state index in [-0.39, 0.29) is 11.9 Å². The van der Waals surface area contributed by atoms with Gasteiger partial charge < -0.3 is 14.4 Å². The molecular formula is C26H27BrN2O3. The molecule has 0 unspecified atom stereocenters. The molecule has 1 amide bonds. The van der Waals surface area contributed by atoms with Crippen molar-refractivity contribution in [1.29, 1.82) is 0 Å². The van der Waals surface area contributed by atoms with Crippen LogP contribution in [0.5, 0.6) is 11.5 Å². The maximum atomic E-state index is 13.4. The summed E-state index contributed by atoms with van der Waals surface area (Å²) in [5, 5.41) is 0. The molecule has 1 aliphatic rings. The number of carbonyl (C=O) groups excluding carboxylic acids is 1. The Labute approximate surface area is 197 Å². The first-order valence-corrected chi connectivity index (χ1v) is 11.5. The first kappa shape index (κ1) is 22.4. The zero-order valence-electron chi connectivity index (χ0n) is 18.3. The number of benzene rings is 3. The molecule has 166 valence electrons. The van der Waals surface area contributed by atoms with E-state index >= 15 is 0 Å². The number of methoxy groups -OCH3 is 2. The van der Waals surface area contributed by atoms with Crippen molar-refractivity contribution in [2.45, 2.75) is 6.04 Å². The van der Waals surface area contributed by atoms with Gasteiger partial charge in [-0.15, -0.1) is 0 Å². The predicted molar refractivity (Wildman–Crippen MR) is 129 cm³/mol. The van der Waals surface area contributed by atoms with Gasteiger partial charge in [0.2, 0.25) is 0 Å². The Hall–Kier alpha value is -2.83. The van der Waals surface area contributed by atoms with E-state index < -0.39 is 0 Å². The van der Waals surface area contributed by atoms with E-state index in [2.05, 4.69) is 69.4 Å². The Morgan fingerprint density at radius 1 is 0.781 bits per heavy atom. The van der Waals surface area contributed by atoms with Gasteiger partial charge in [-0.3, -0.25) is 9.69 Å². The molecule has 32 heavy (non-hydrogen) atoms. The Morgan fingerprint density at radius 2 is 1.34 bits per heavy atom. The second-order valence-corrected chi connectivity index (χ2v) is 8.65. The van der Waals surface area contributed by atoms with Crippen LogP contribution >= 0.6 is 15.9 Å². The number of hydrogen-bond donors (Lipinski definition) is 0. The summed E-state index contributed by atoms with van der Waals surface area (Å²) in [6, 6.07) is 24.6. The molecule has 1 atom stereocenters. The highest BCUT2D eigenvalue weighted by molar-refractivity contribution is 9.10. The number of ether oxygens (including phenoxy) is 2. The number of hydrogen-bond acceptors (Lipinski definition) is 4. The SMILES string of the molecule is COc1cccc(OC)c1C(=O)N1CCN([C@H](c2ccccc2)c2ccc(Br)cc2)CC1. The van der Waals surface area contributed by atoms with E-state index in [9.17, 15) is 4.79 Å². The smallest absolute Gasteiger partial charge is 0.261 e. The molecule has 1 heterocycles. The molecule has 3 aromatic carbocycles. The van der Waals surface area contributed by atoms with Crippen LogP contribution in [0, 0.1) is 0 Å². The quantitative estimate of drug-likeness (QED) is 0.482. The van der Waals surface area contributed by atoms with E-state index in [0.717, 1.165) is 17.6 Å². The fraction of sp³-hybridized carbons (Fsp3) is 0.269. The molecule has 6 heteroatoms. The molecule has 0 aromatic heterocycles. The minimum Gasteiger partial charge on any atom is -0.496 e. The lowest BCUT2D eigenvalue weighted by molar-refractivity contribution is 0.0591. The fourth-order valence-corrected chi connectivity index (χ4v) is 4.56. The molecule has 4 rings (SSSR count). The zero-order valence-corrected chi connectivity index (χ0v) is 19.9. The second kappa shape index (κ2) is 10.2. The maximum absolute atomic E-state index is 13.4. The van der Waals surface area contributed by atoms with Crippen LogP contribution in [0.15, 0.2) is 77.3 Å². The van der Waals surface area contributed by atoms with Crippen molar-refractivity contribution in [3.63, 3.8) is 0 Å². The third-order valence-electron chi connectivity index (χ3n) is 5.91. The average Bonchev–Trinajstić information content (AvgIpc) is 2.85. The van der Waals surface area contributed by atoms with Gasteiger partial charge in [0.15, 0.2) is 0 Å². The van der Waals surface area contributed by atoms with Crippen molar-refractivity contribution in [2.24, 2.45) is 0 Å². The highest BCUT2D eigenvalue weighted by Gasteiger charge is 2.30. The Morgan fingerprint density at radius 3 is 1.91 bits per heavy atom. The zero-order chi connectivity index (χ0) is 22.5. The highest BCUT2D eigenvalue weighted by atomic mass is 79.9. The van der Waals surface area contributed by atoms with Crippen LogP contribution in [0.1, 0.15) is 27.5 Å². The van der Waals surface area contributed by atoms with Gasteiger partial charge in [0.1, 0.15) is 17.1 Å². The molecule has 1 fully saturated rings. The molecule has 0 N–H and O–H groups in total. The van der Waals surface area contributed by atoms with Gasteiger partial charge in [-0.2, -0.15) is 0 Å². The summed E-state index contributed by atoms with van der Waals surface area (Å²) in [6.07, 6.45) is 0. The topological polar surface area (TPSA) is 42.0 Å². The fourth-order valence-electron chi connectivity index (χ4n) is 4.30.